The summed E-state index contributed by atoms with van der Waals surface area (Å²) in [4.78, 5) is 0. The highest BCUT2D eigenvalue weighted by Gasteiger charge is 2.25. The van der Waals surface area contributed by atoms with Crippen molar-refractivity contribution in [1.82, 2.24) is 9.61 Å². The summed E-state index contributed by atoms with van der Waals surface area (Å²) in [6.07, 6.45) is 18.5. The summed E-state index contributed by atoms with van der Waals surface area (Å²) in [7, 11) is 0. The fourth-order valence-electron chi connectivity index (χ4n) is 7.42. The van der Waals surface area contributed by atoms with Crippen LogP contribution < -0.4 is 0 Å². The second-order valence-electron chi connectivity index (χ2n) is 11.7. The molecule has 9 rings (SSSR count). The molecule has 0 aliphatic heterocycles. The monoisotopic (exact) mass is 500 g/mol. The standard InChI is InChI=1S/C37H28N2/c1-19-5-9-23-21(3)25-13-15-29-31-16-14-26-22(4)24-10-6-20(2)8-12-30(24)36-35(26)37(31)39(38-36)32-18-17-28(27(23)11-7-19)33(25)34(29)32/h5-20H,1-4H3. The number of rotatable bonds is 0. The van der Waals surface area contributed by atoms with Gasteiger partial charge in [0.2, 0.25) is 0 Å². The fraction of sp³-hybridized carbons (Fsp3) is 0.162. The van der Waals surface area contributed by atoms with Gasteiger partial charge in [-0.25, -0.2) is 4.52 Å². The highest BCUT2D eigenvalue weighted by atomic mass is 15.2. The smallest absolute Gasteiger partial charge is 0.102 e. The Morgan fingerprint density at radius 3 is 1.79 bits per heavy atom. The Labute approximate surface area is 226 Å². The summed E-state index contributed by atoms with van der Waals surface area (Å²) >= 11 is 0. The molecule has 2 aromatic heterocycles. The Kier molecular flexibility index (Phi) is 3.94. The van der Waals surface area contributed by atoms with Crippen LogP contribution >= 0.6 is 0 Å². The van der Waals surface area contributed by atoms with E-state index in [9.17, 15) is 0 Å². The number of hydrogen-bond donors (Lipinski definition) is 0. The van der Waals surface area contributed by atoms with Gasteiger partial charge < -0.3 is 0 Å². The molecule has 2 heteroatoms. The minimum atomic E-state index is 0.408. The van der Waals surface area contributed by atoms with Crippen LogP contribution in [0, 0.1) is 25.7 Å². The van der Waals surface area contributed by atoms with E-state index in [1.54, 1.807) is 0 Å². The molecule has 2 unspecified atom stereocenters. The first-order valence-corrected chi connectivity index (χ1v) is 14.1. The summed E-state index contributed by atoms with van der Waals surface area (Å²) < 4.78 is 2.25. The van der Waals surface area contributed by atoms with Crippen LogP contribution in [0.2, 0.25) is 0 Å². The Balaban J connectivity index is 1.53. The first-order chi connectivity index (χ1) is 19.0. The average Bonchev–Trinajstić information content (AvgIpc) is 3.08. The molecule has 2 aliphatic carbocycles. The van der Waals surface area contributed by atoms with Gasteiger partial charge in [0, 0.05) is 21.7 Å². The van der Waals surface area contributed by atoms with Crippen LogP contribution in [0.5, 0.6) is 0 Å². The maximum atomic E-state index is 5.40. The van der Waals surface area contributed by atoms with Gasteiger partial charge in [-0.15, -0.1) is 0 Å². The lowest BCUT2D eigenvalue weighted by Crippen LogP contribution is -1.98. The highest BCUT2D eigenvalue weighted by molar-refractivity contribution is 6.33. The zero-order chi connectivity index (χ0) is 26.2. The van der Waals surface area contributed by atoms with Crippen LogP contribution in [0.1, 0.15) is 47.2 Å². The van der Waals surface area contributed by atoms with Crippen LogP contribution in [0.4, 0.5) is 0 Å². The van der Waals surface area contributed by atoms with E-state index in [0.717, 1.165) is 5.52 Å². The van der Waals surface area contributed by atoms with E-state index in [2.05, 4.69) is 117 Å². The van der Waals surface area contributed by atoms with Gasteiger partial charge in [-0.05, 0) is 86.5 Å². The largest absolute Gasteiger partial charge is 0.231 e. The zero-order valence-corrected chi connectivity index (χ0v) is 22.6. The van der Waals surface area contributed by atoms with E-state index in [-0.39, 0.29) is 0 Å². The molecule has 0 amide bonds. The summed E-state index contributed by atoms with van der Waals surface area (Å²) in [5.41, 5.74) is 11.4. The van der Waals surface area contributed by atoms with E-state index in [0.29, 0.717) is 11.8 Å². The second kappa shape index (κ2) is 7.15. The van der Waals surface area contributed by atoms with Gasteiger partial charge in [-0.1, -0.05) is 92.8 Å². The van der Waals surface area contributed by atoms with E-state index < -0.39 is 0 Å². The molecule has 5 aromatic carbocycles. The lowest BCUT2D eigenvalue weighted by Gasteiger charge is -2.19. The van der Waals surface area contributed by atoms with Crippen molar-refractivity contribution >= 4 is 83.9 Å². The maximum Gasteiger partial charge on any atom is 0.102 e. The predicted octanol–water partition coefficient (Wildman–Crippen LogP) is 9.94. The second-order valence-corrected chi connectivity index (χ2v) is 11.7. The van der Waals surface area contributed by atoms with Gasteiger partial charge in [0.25, 0.3) is 0 Å². The molecule has 186 valence electrons. The molecule has 0 N–H and O–H groups in total. The fourth-order valence-corrected chi connectivity index (χ4v) is 7.42. The molecule has 0 radical (unpaired) electrons. The average molecular weight is 501 g/mol. The molecule has 39 heavy (non-hydrogen) atoms. The van der Waals surface area contributed by atoms with Crippen molar-refractivity contribution in [3.8, 4) is 0 Å². The van der Waals surface area contributed by atoms with Crippen molar-refractivity contribution in [3.63, 3.8) is 0 Å². The Hall–Kier alpha value is -4.43. The topological polar surface area (TPSA) is 17.3 Å². The number of aromatic nitrogens is 2. The number of aryl methyl sites for hydroxylation is 2. The van der Waals surface area contributed by atoms with Gasteiger partial charge in [-0.2, -0.15) is 5.10 Å². The number of fused-ring (bicyclic) bond motifs is 6. The number of hydrogen-bond acceptors (Lipinski definition) is 1. The summed E-state index contributed by atoms with van der Waals surface area (Å²) in [6.45, 7) is 9.04. The zero-order valence-electron chi connectivity index (χ0n) is 22.6. The van der Waals surface area contributed by atoms with Crippen molar-refractivity contribution < 1.29 is 0 Å². The molecule has 7 aromatic rings. The van der Waals surface area contributed by atoms with Crippen LogP contribution in [0.25, 0.3) is 83.9 Å². The number of pyridine rings is 1. The SMILES string of the molecule is Cc1c2c(c3ccc4c5c(ccc1c35)c1ccc3c(C)c5c(c6nn4c1c36)C=CC(C)C=C5)C=CC(C)C=C2. The van der Waals surface area contributed by atoms with Gasteiger partial charge in [0.1, 0.15) is 5.52 Å². The molecule has 0 saturated heterocycles. The van der Waals surface area contributed by atoms with Crippen molar-refractivity contribution in [1.29, 1.82) is 0 Å². The molecular weight excluding hydrogens is 472 g/mol. The Bertz CT molecular complexity index is 2320. The number of benzene rings is 5. The molecule has 2 atom stereocenters. The van der Waals surface area contributed by atoms with Crippen molar-refractivity contribution in [2.24, 2.45) is 11.8 Å². The minimum absolute atomic E-state index is 0.408. The minimum Gasteiger partial charge on any atom is -0.231 e. The maximum absolute atomic E-state index is 5.40. The molecule has 2 nitrogen and oxygen atoms in total. The third-order valence-electron chi connectivity index (χ3n) is 9.49. The first-order valence-electron chi connectivity index (χ1n) is 14.1. The predicted molar refractivity (Wildman–Crippen MR) is 169 cm³/mol. The van der Waals surface area contributed by atoms with Crippen LogP contribution in [-0.4, -0.2) is 9.61 Å². The van der Waals surface area contributed by atoms with Crippen LogP contribution in [0.3, 0.4) is 0 Å². The molecular formula is C37H28N2. The van der Waals surface area contributed by atoms with Crippen LogP contribution in [-0.2, 0) is 0 Å². The molecule has 0 saturated carbocycles. The van der Waals surface area contributed by atoms with Gasteiger partial charge in [0.05, 0.1) is 11.0 Å². The Morgan fingerprint density at radius 1 is 0.538 bits per heavy atom. The van der Waals surface area contributed by atoms with Gasteiger partial charge in [-0.3, -0.25) is 0 Å². The van der Waals surface area contributed by atoms with Crippen molar-refractivity contribution in [2.75, 3.05) is 0 Å². The van der Waals surface area contributed by atoms with E-state index in [1.165, 1.54) is 87.5 Å². The lowest BCUT2D eigenvalue weighted by atomic mass is 9.86. The molecule has 0 bridgehead atoms. The van der Waals surface area contributed by atoms with E-state index in [1.807, 2.05) is 0 Å². The first kappa shape index (κ1) is 21.5. The highest BCUT2D eigenvalue weighted by Crippen LogP contribution is 2.46. The lowest BCUT2D eigenvalue weighted by molar-refractivity contribution is 0.954. The number of allylic oxidation sites excluding steroid dienone is 4. The van der Waals surface area contributed by atoms with Crippen molar-refractivity contribution in [2.45, 2.75) is 27.7 Å². The van der Waals surface area contributed by atoms with Crippen LogP contribution in [0.15, 0.2) is 60.7 Å². The third-order valence-corrected chi connectivity index (χ3v) is 9.49. The Morgan fingerprint density at radius 2 is 1.08 bits per heavy atom. The summed E-state index contributed by atoms with van der Waals surface area (Å²) in [6, 6.07) is 14.0. The molecule has 2 aliphatic rings. The quantitative estimate of drug-likeness (QED) is 0.150. The third kappa shape index (κ3) is 2.55. The summed E-state index contributed by atoms with van der Waals surface area (Å²) in [5, 5.41) is 15.9. The van der Waals surface area contributed by atoms with Crippen molar-refractivity contribution in [3.05, 3.63) is 94.1 Å². The summed E-state index contributed by atoms with van der Waals surface area (Å²) in [5.74, 6) is 0.836. The van der Waals surface area contributed by atoms with E-state index in [4.69, 9.17) is 5.10 Å². The molecule has 0 fully saturated rings. The van der Waals surface area contributed by atoms with Gasteiger partial charge in [0.15, 0.2) is 0 Å². The normalized spacial score (nSPS) is 18.9. The molecule has 2 heterocycles. The number of nitrogens with zero attached hydrogens (tertiary/aromatic N) is 2. The van der Waals surface area contributed by atoms with E-state index >= 15 is 0 Å². The van der Waals surface area contributed by atoms with Gasteiger partial charge >= 0.3 is 0 Å². The molecule has 0 spiro atoms.